The maximum absolute atomic E-state index is 11.5. The summed E-state index contributed by atoms with van der Waals surface area (Å²) >= 11 is 0. The highest BCUT2D eigenvalue weighted by Gasteiger charge is 2.22. The highest BCUT2D eigenvalue weighted by Crippen LogP contribution is 2.21. The summed E-state index contributed by atoms with van der Waals surface area (Å²) in [5, 5.41) is 6.36. The number of aliphatic imine (C=N–C) groups is 1. The van der Waals surface area contributed by atoms with Gasteiger partial charge in [-0.1, -0.05) is 12.1 Å². The number of sulfonamides is 1. The van der Waals surface area contributed by atoms with Crippen LogP contribution in [0.5, 0.6) is 5.75 Å². The quantitative estimate of drug-likeness (QED) is 0.171. The van der Waals surface area contributed by atoms with E-state index in [1.165, 1.54) is 0 Å². The van der Waals surface area contributed by atoms with Crippen molar-refractivity contribution in [1.29, 1.82) is 0 Å². The Morgan fingerprint density at radius 2 is 1.90 bits per heavy atom. The molecule has 1 rings (SSSR count). The van der Waals surface area contributed by atoms with Crippen LogP contribution in [0, 0.1) is 6.92 Å². The van der Waals surface area contributed by atoms with Crippen LogP contribution >= 0.6 is 24.0 Å². The van der Waals surface area contributed by atoms with Crippen molar-refractivity contribution in [1.82, 2.24) is 15.4 Å². The van der Waals surface area contributed by atoms with E-state index in [1.54, 1.807) is 7.11 Å². The number of rotatable bonds is 11. The minimum Gasteiger partial charge on any atom is -0.491 e. The molecule has 29 heavy (non-hydrogen) atoms. The first-order valence-corrected chi connectivity index (χ1v) is 11.2. The minimum absolute atomic E-state index is 0. The first-order valence-electron chi connectivity index (χ1n) is 9.28. The summed E-state index contributed by atoms with van der Waals surface area (Å²) < 4.78 is 36.4. The van der Waals surface area contributed by atoms with Crippen molar-refractivity contribution in [3.8, 4) is 5.75 Å². The van der Waals surface area contributed by atoms with E-state index in [-0.39, 0.29) is 24.0 Å². The molecule has 0 fully saturated rings. The molecule has 0 aliphatic rings. The number of nitrogens with one attached hydrogen (secondary N) is 3. The molecule has 0 aliphatic heterocycles. The van der Waals surface area contributed by atoms with E-state index in [0.29, 0.717) is 38.8 Å². The summed E-state index contributed by atoms with van der Waals surface area (Å²) in [6.45, 7) is 10.1. The van der Waals surface area contributed by atoms with Crippen LogP contribution in [0.25, 0.3) is 0 Å². The van der Waals surface area contributed by atoms with Gasteiger partial charge in [-0.2, -0.15) is 0 Å². The van der Waals surface area contributed by atoms with Crippen LogP contribution in [0.4, 0.5) is 0 Å². The number of hydrogen-bond donors (Lipinski definition) is 3. The van der Waals surface area contributed by atoms with E-state index in [0.717, 1.165) is 23.1 Å². The van der Waals surface area contributed by atoms with E-state index in [4.69, 9.17) is 9.47 Å². The number of nitrogens with zero attached hydrogens (tertiary/aromatic N) is 1. The van der Waals surface area contributed by atoms with Crippen LogP contribution in [0.3, 0.4) is 0 Å². The first-order chi connectivity index (χ1) is 13.1. The van der Waals surface area contributed by atoms with Crippen LogP contribution in [-0.4, -0.2) is 59.6 Å². The normalized spacial score (nSPS) is 12.3. The lowest BCUT2D eigenvalue weighted by molar-refractivity contribution is 0.145. The van der Waals surface area contributed by atoms with Crippen LogP contribution in [0.1, 0.15) is 31.9 Å². The molecule has 0 amide bonds. The molecule has 3 N–H and O–H groups in total. The molecular weight excluding hydrogens is 507 g/mol. The van der Waals surface area contributed by atoms with E-state index in [9.17, 15) is 8.42 Å². The van der Waals surface area contributed by atoms with Gasteiger partial charge in [0.25, 0.3) is 0 Å². The Morgan fingerprint density at radius 1 is 1.21 bits per heavy atom. The van der Waals surface area contributed by atoms with Crippen LogP contribution in [0.15, 0.2) is 23.2 Å². The summed E-state index contributed by atoms with van der Waals surface area (Å²) in [5.74, 6) is 1.39. The molecule has 0 aromatic heterocycles. The van der Waals surface area contributed by atoms with Gasteiger partial charge in [0.1, 0.15) is 12.4 Å². The molecule has 0 unspecified atom stereocenters. The number of ether oxygens (including phenoxy) is 2. The number of guanidine groups is 1. The Balaban J connectivity index is 0.00000784. The lowest BCUT2D eigenvalue weighted by Gasteiger charge is -2.26. The van der Waals surface area contributed by atoms with Gasteiger partial charge in [-0.15, -0.1) is 24.0 Å². The maximum Gasteiger partial charge on any atom is 0.209 e. The lowest BCUT2D eigenvalue weighted by Crippen LogP contribution is -2.53. The Hall–Kier alpha value is -1.11. The fraction of sp³-hybridized carbons (Fsp3) is 0.632. The van der Waals surface area contributed by atoms with Crippen LogP contribution in [-0.2, 0) is 21.3 Å². The van der Waals surface area contributed by atoms with Crippen molar-refractivity contribution < 1.29 is 17.9 Å². The zero-order valence-corrected chi connectivity index (χ0v) is 21.3. The van der Waals surface area contributed by atoms with Crippen molar-refractivity contribution in [2.45, 2.75) is 39.8 Å². The van der Waals surface area contributed by atoms with Gasteiger partial charge in [0, 0.05) is 31.3 Å². The average molecular weight is 542 g/mol. The van der Waals surface area contributed by atoms with Crippen molar-refractivity contribution in [2.75, 3.05) is 39.7 Å². The molecule has 168 valence electrons. The Kier molecular flexibility index (Phi) is 12.7. The second-order valence-corrected chi connectivity index (χ2v) is 9.01. The minimum atomic E-state index is -3.30. The molecule has 0 heterocycles. The van der Waals surface area contributed by atoms with Gasteiger partial charge in [0.2, 0.25) is 10.0 Å². The summed E-state index contributed by atoms with van der Waals surface area (Å²) in [5.41, 5.74) is 1.42. The molecule has 0 spiro atoms. The smallest absolute Gasteiger partial charge is 0.209 e. The third kappa shape index (κ3) is 12.2. The van der Waals surface area contributed by atoms with Gasteiger partial charge >= 0.3 is 0 Å². The molecule has 0 atom stereocenters. The van der Waals surface area contributed by atoms with Crippen molar-refractivity contribution in [3.63, 3.8) is 0 Å². The standard InChI is InChI=1S/C19H34N4O4S.HI/c1-7-20-18(22-14-19(3,4)23-28(6,24)25)21-13-16-9-8-15(2)12-17(16)27-11-10-26-5;/h8-9,12,23H,7,10-11,13-14H2,1-6H3,(H2,20,21,22);1H. The summed E-state index contributed by atoms with van der Waals surface area (Å²) in [4.78, 5) is 4.61. The summed E-state index contributed by atoms with van der Waals surface area (Å²) in [7, 11) is -1.66. The number of aryl methyl sites for hydroxylation is 1. The number of halogens is 1. The molecule has 0 radical (unpaired) electrons. The van der Waals surface area contributed by atoms with Crippen LogP contribution < -0.4 is 20.1 Å². The van der Waals surface area contributed by atoms with Gasteiger partial charge in [-0.05, 0) is 39.3 Å². The SMILES string of the molecule is CCNC(=NCc1ccc(C)cc1OCCOC)NCC(C)(C)NS(C)(=O)=O.I. The van der Waals surface area contributed by atoms with E-state index in [1.807, 2.05) is 45.9 Å². The van der Waals surface area contributed by atoms with Gasteiger partial charge in [0.05, 0.1) is 19.4 Å². The Labute approximate surface area is 192 Å². The van der Waals surface area contributed by atoms with E-state index >= 15 is 0 Å². The summed E-state index contributed by atoms with van der Waals surface area (Å²) in [6.07, 6.45) is 1.15. The number of benzene rings is 1. The summed E-state index contributed by atoms with van der Waals surface area (Å²) in [6, 6.07) is 6.01. The molecule has 10 heteroatoms. The average Bonchev–Trinajstić information content (AvgIpc) is 2.57. The molecule has 0 bridgehead atoms. The van der Waals surface area contributed by atoms with Crippen molar-refractivity contribution in [3.05, 3.63) is 29.3 Å². The Morgan fingerprint density at radius 3 is 2.48 bits per heavy atom. The topological polar surface area (TPSA) is 101 Å². The van der Waals surface area contributed by atoms with Crippen LogP contribution in [0.2, 0.25) is 0 Å². The molecular formula is C19H35IN4O4S. The predicted octanol–water partition coefficient (Wildman–Crippen LogP) is 2.02. The zero-order chi connectivity index (χ0) is 21.2. The van der Waals surface area contributed by atoms with E-state index < -0.39 is 15.6 Å². The third-order valence-corrected chi connectivity index (χ3v) is 4.60. The Bertz CT molecular complexity index is 755. The number of methoxy groups -OCH3 is 1. The molecule has 8 nitrogen and oxygen atoms in total. The van der Waals surface area contributed by atoms with Crippen molar-refractivity contribution in [2.24, 2.45) is 4.99 Å². The molecule has 0 aliphatic carbocycles. The fourth-order valence-electron chi connectivity index (χ4n) is 2.51. The maximum atomic E-state index is 11.5. The fourth-order valence-corrected chi connectivity index (χ4v) is 3.59. The molecule has 0 saturated carbocycles. The van der Waals surface area contributed by atoms with Gasteiger partial charge in [-0.3, -0.25) is 0 Å². The molecule has 0 saturated heterocycles. The predicted molar refractivity (Wildman–Crippen MR) is 129 cm³/mol. The second-order valence-electron chi connectivity index (χ2n) is 7.26. The highest BCUT2D eigenvalue weighted by atomic mass is 127. The van der Waals surface area contributed by atoms with Gasteiger partial charge in [-0.25, -0.2) is 18.1 Å². The van der Waals surface area contributed by atoms with E-state index in [2.05, 4.69) is 20.3 Å². The highest BCUT2D eigenvalue weighted by molar-refractivity contribution is 14.0. The van der Waals surface area contributed by atoms with Crippen molar-refractivity contribution >= 4 is 40.0 Å². The monoisotopic (exact) mass is 542 g/mol. The largest absolute Gasteiger partial charge is 0.491 e. The molecule has 1 aromatic rings. The lowest BCUT2D eigenvalue weighted by atomic mass is 10.1. The number of hydrogen-bond acceptors (Lipinski definition) is 5. The second kappa shape index (κ2) is 13.2. The van der Waals surface area contributed by atoms with Gasteiger partial charge in [0.15, 0.2) is 5.96 Å². The zero-order valence-electron chi connectivity index (χ0n) is 18.2. The molecule has 1 aromatic carbocycles. The van der Waals surface area contributed by atoms with Gasteiger partial charge < -0.3 is 20.1 Å². The first kappa shape index (κ1) is 27.9. The third-order valence-electron chi connectivity index (χ3n) is 3.68.